The molecule has 0 fully saturated rings. The zero-order valence-electron chi connectivity index (χ0n) is 17.1. The summed E-state index contributed by atoms with van der Waals surface area (Å²) in [6.07, 6.45) is 1.84. The molecule has 0 aromatic heterocycles. The number of anilines is 1. The monoisotopic (exact) mass is 411 g/mol. The third kappa shape index (κ3) is 7.23. The SMILES string of the molecule is CCOC(=O)C(Cc1ccccc1)C(=O)Nc1ccc(CN(N)/C=C(\N)CN)cc1. The van der Waals surface area contributed by atoms with Crippen molar-refractivity contribution in [1.29, 1.82) is 0 Å². The van der Waals surface area contributed by atoms with Crippen LogP contribution in [0.15, 0.2) is 66.5 Å². The van der Waals surface area contributed by atoms with Gasteiger partial charge < -0.3 is 26.5 Å². The summed E-state index contributed by atoms with van der Waals surface area (Å²) >= 11 is 0. The van der Waals surface area contributed by atoms with E-state index in [4.69, 9.17) is 22.0 Å². The number of hydrazine groups is 1. The minimum atomic E-state index is -0.934. The molecule has 0 saturated heterocycles. The van der Waals surface area contributed by atoms with E-state index in [0.29, 0.717) is 17.9 Å². The molecule has 2 aromatic carbocycles. The van der Waals surface area contributed by atoms with Gasteiger partial charge in [0.2, 0.25) is 5.91 Å². The quantitative estimate of drug-likeness (QED) is 0.201. The molecule has 0 radical (unpaired) electrons. The molecule has 30 heavy (non-hydrogen) atoms. The maximum atomic E-state index is 12.8. The normalized spacial score (nSPS) is 12.2. The number of nitrogens with zero attached hydrogens (tertiary/aromatic N) is 1. The van der Waals surface area contributed by atoms with Gasteiger partial charge in [-0.15, -0.1) is 0 Å². The summed E-state index contributed by atoms with van der Waals surface area (Å²) in [6.45, 7) is 2.58. The van der Waals surface area contributed by atoms with E-state index in [1.54, 1.807) is 25.3 Å². The average molecular weight is 412 g/mol. The molecular formula is C22H29N5O3. The molecule has 160 valence electrons. The molecule has 0 spiro atoms. The molecular weight excluding hydrogens is 382 g/mol. The highest BCUT2D eigenvalue weighted by atomic mass is 16.5. The van der Waals surface area contributed by atoms with E-state index >= 15 is 0 Å². The highest BCUT2D eigenvalue weighted by Crippen LogP contribution is 2.16. The number of rotatable bonds is 10. The molecule has 1 amide bonds. The number of esters is 1. The number of ether oxygens (including phenoxy) is 1. The molecule has 7 N–H and O–H groups in total. The second-order valence-corrected chi connectivity index (χ2v) is 6.76. The first-order valence-corrected chi connectivity index (χ1v) is 9.70. The van der Waals surface area contributed by atoms with Crippen LogP contribution < -0.4 is 22.6 Å². The van der Waals surface area contributed by atoms with Gasteiger partial charge in [0, 0.05) is 24.1 Å². The number of hydrogen-bond donors (Lipinski definition) is 4. The Morgan fingerprint density at radius 3 is 2.37 bits per heavy atom. The molecule has 1 atom stereocenters. The number of benzene rings is 2. The smallest absolute Gasteiger partial charge is 0.318 e. The minimum absolute atomic E-state index is 0.213. The predicted octanol–water partition coefficient (Wildman–Crippen LogP) is 1.48. The summed E-state index contributed by atoms with van der Waals surface area (Å²) in [5.74, 6) is 3.99. The van der Waals surface area contributed by atoms with Crippen molar-refractivity contribution < 1.29 is 14.3 Å². The third-order valence-corrected chi connectivity index (χ3v) is 4.32. The van der Waals surface area contributed by atoms with Gasteiger partial charge in [-0.1, -0.05) is 42.5 Å². The van der Waals surface area contributed by atoms with Crippen molar-refractivity contribution in [3.05, 3.63) is 77.6 Å². The predicted molar refractivity (Wildman–Crippen MR) is 116 cm³/mol. The first-order valence-electron chi connectivity index (χ1n) is 9.70. The molecule has 0 aliphatic heterocycles. The molecule has 0 bridgehead atoms. The lowest BCUT2D eigenvalue weighted by Gasteiger charge is -2.17. The lowest BCUT2D eigenvalue weighted by molar-refractivity contribution is -0.150. The summed E-state index contributed by atoms with van der Waals surface area (Å²) in [5.41, 5.74) is 14.0. The van der Waals surface area contributed by atoms with Crippen LogP contribution in [0.25, 0.3) is 0 Å². The maximum absolute atomic E-state index is 12.8. The Bertz CT molecular complexity index is 853. The lowest BCUT2D eigenvalue weighted by Crippen LogP contribution is -2.33. The summed E-state index contributed by atoms with van der Waals surface area (Å²) in [7, 11) is 0. The van der Waals surface area contributed by atoms with Crippen LogP contribution in [0.4, 0.5) is 5.69 Å². The van der Waals surface area contributed by atoms with E-state index in [9.17, 15) is 9.59 Å². The Balaban J connectivity index is 2.04. The lowest BCUT2D eigenvalue weighted by atomic mass is 9.98. The van der Waals surface area contributed by atoms with Crippen LogP contribution in [0.3, 0.4) is 0 Å². The van der Waals surface area contributed by atoms with E-state index in [0.717, 1.165) is 11.1 Å². The van der Waals surface area contributed by atoms with Crippen molar-refractivity contribution >= 4 is 17.6 Å². The van der Waals surface area contributed by atoms with E-state index in [1.807, 2.05) is 42.5 Å². The summed E-state index contributed by atoms with van der Waals surface area (Å²) in [6, 6.07) is 16.5. The number of hydrogen-bond acceptors (Lipinski definition) is 7. The van der Waals surface area contributed by atoms with Gasteiger partial charge in [0.15, 0.2) is 0 Å². The second kappa shape index (κ2) is 11.6. The number of nitrogens with one attached hydrogen (secondary N) is 1. The van der Waals surface area contributed by atoms with Crippen LogP contribution in [-0.4, -0.2) is 30.0 Å². The Morgan fingerprint density at radius 2 is 1.77 bits per heavy atom. The first kappa shape index (κ1) is 22.9. The molecule has 8 nitrogen and oxygen atoms in total. The number of carbonyl (C=O) groups is 2. The van der Waals surface area contributed by atoms with Gasteiger partial charge in [0.1, 0.15) is 5.92 Å². The van der Waals surface area contributed by atoms with Crippen LogP contribution >= 0.6 is 0 Å². The largest absolute Gasteiger partial charge is 0.465 e. The molecule has 1 unspecified atom stereocenters. The summed E-state index contributed by atoms with van der Waals surface area (Å²) < 4.78 is 5.10. The van der Waals surface area contributed by atoms with Gasteiger partial charge in [0.05, 0.1) is 13.2 Å². The molecule has 0 heterocycles. The van der Waals surface area contributed by atoms with Gasteiger partial charge >= 0.3 is 5.97 Å². The van der Waals surface area contributed by atoms with Gasteiger partial charge in [0.25, 0.3) is 0 Å². The first-order chi connectivity index (χ1) is 14.4. The Kier molecular flexibility index (Phi) is 8.86. The molecule has 2 rings (SSSR count). The highest BCUT2D eigenvalue weighted by molar-refractivity contribution is 6.05. The fourth-order valence-electron chi connectivity index (χ4n) is 2.82. The van der Waals surface area contributed by atoms with Crippen molar-refractivity contribution in [3.63, 3.8) is 0 Å². The van der Waals surface area contributed by atoms with Gasteiger partial charge in [-0.2, -0.15) is 0 Å². The Hall–Kier alpha value is -3.36. The molecule has 0 aliphatic carbocycles. The Labute approximate surface area is 176 Å². The van der Waals surface area contributed by atoms with Crippen molar-refractivity contribution in [2.24, 2.45) is 23.2 Å². The number of amides is 1. The molecule has 0 aliphatic rings. The average Bonchev–Trinajstić information content (AvgIpc) is 2.74. The summed E-state index contributed by atoms with van der Waals surface area (Å²) in [5, 5.41) is 4.23. The minimum Gasteiger partial charge on any atom is -0.465 e. The van der Waals surface area contributed by atoms with Crippen molar-refractivity contribution in [1.82, 2.24) is 5.01 Å². The maximum Gasteiger partial charge on any atom is 0.318 e. The van der Waals surface area contributed by atoms with Crippen LogP contribution in [0.2, 0.25) is 0 Å². The van der Waals surface area contributed by atoms with Crippen molar-refractivity contribution in [2.75, 3.05) is 18.5 Å². The molecule has 2 aromatic rings. The number of carbonyl (C=O) groups excluding carboxylic acids is 2. The standard InChI is InChI=1S/C22H29N5O3/c1-2-30-22(29)20(12-16-6-4-3-5-7-16)21(28)26-19-10-8-17(9-11-19)14-27(25)15-18(24)13-23/h3-11,15,20H,2,12-14,23-25H2,1H3,(H,26,28)/b18-15-. The third-order valence-electron chi connectivity index (χ3n) is 4.32. The van der Waals surface area contributed by atoms with E-state index in [2.05, 4.69) is 5.32 Å². The number of nitrogens with two attached hydrogens (primary N) is 3. The van der Waals surface area contributed by atoms with Crippen molar-refractivity contribution in [3.8, 4) is 0 Å². The molecule has 0 saturated carbocycles. The van der Waals surface area contributed by atoms with Gasteiger partial charge in [-0.25, -0.2) is 5.84 Å². The Morgan fingerprint density at radius 1 is 1.10 bits per heavy atom. The van der Waals surface area contributed by atoms with Crippen LogP contribution in [0, 0.1) is 5.92 Å². The fraction of sp³-hybridized carbons (Fsp3) is 0.273. The van der Waals surface area contributed by atoms with Gasteiger partial charge in [-0.05, 0) is 36.6 Å². The topological polar surface area (TPSA) is 137 Å². The van der Waals surface area contributed by atoms with Crippen LogP contribution in [0.1, 0.15) is 18.1 Å². The second-order valence-electron chi connectivity index (χ2n) is 6.76. The fourth-order valence-corrected chi connectivity index (χ4v) is 2.82. The summed E-state index contributed by atoms with van der Waals surface area (Å²) in [4.78, 5) is 25.1. The van der Waals surface area contributed by atoms with Crippen molar-refractivity contribution in [2.45, 2.75) is 19.9 Å². The van der Waals surface area contributed by atoms with Crippen LogP contribution in [0.5, 0.6) is 0 Å². The van der Waals surface area contributed by atoms with E-state index in [1.165, 1.54) is 5.01 Å². The highest BCUT2D eigenvalue weighted by Gasteiger charge is 2.28. The zero-order valence-corrected chi connectivity index (χ0v) is 17.1. The molecule has 8 heteroatoms. The van der Waals surface area contributed by atoms with E-state index < -0.39 is 17.8 Å². The van der Waals surface area contributed by atoms with E-state index in [-0.39, 0.29) is 19.6 Å². The van der Waals surface area contributed by atoms with Gasteiger partial charge in [-0.3, -0.25) is 9.59 Å². The zero-order chi connectivity index (χ0) is 21.9. The van der Waals surface area contributed by atoms with Crippen LogP contribution in [-0.2, 0) is 27.3 Å².